The van der Waals surface area contributed by atoms with E-state index in [2.05, 4.69) is 15.3 Å². The Morgan fingerprint density at radius 3 is 2.79 bits per heavy atom. The van der Waals surface area contributed by atoms with Gasteiger partial charge in [0, 0.05) is 15.6 Å². The van der Waals surface area contributed by atoms with E-state index in [9.17, 15) is 0 Å². The smallest absolute Gasteiger partial charge is 0.216 e. The van der Waals surface area contributed by atoms with Crippen molar-refractivity contribution in [3.05, 3.63) is 74.7 Å². The summed E-state index contributed by atoms with van der Waals surface area (Å²) in [4.78, 5) is 0. The van der Waals surface area contributed by atoms with Gasteiger partial charge in [-0.15, -0.1) is 0 Å². The maximum Gasteiger partial charge on any atom is 0.216 e. The van der Waals surface area contributed by atoms with Gasteiger partial charge in [0.1, 0.15) is 18.7 Å². The molecule has 0 spiro atoms. The first-order valence-corrected chi connectivity index (χ1v) is 8.11. The Balaban J connectivity index is 1.81. The quantitative estimate of drug-likeness (QED) is 0.516. The molecule has 0 bridgehead atoms. The highest BCUT2D eigenvalue weighted by molar-refractivity contribution is 7.71. The SMILES string of the molecule is S=c1[nH]ncn1/N=C\c1cc(Cl)ccc1OCc1cccc(Cl)c1. The molecule has 24 heavy (non-hydrogen) atoms. The van der Waals surface area contributed by atoms with Crippen LogP contribution in [-0.4, -0.2) is 21.1 Å². The highest BCUT2D eigenvalue weighted by Crippen LogP contribution is 2.23. The molecule has 0 unspecified atom stereocenters. The predicted molar refractivity (Wildman–Crippen MR) is 97.6 cm³/mol. The highest BCUT2D eigenvalue weighted by atomic mass is 35.5. The summed E-state index contributed by atoms with van der Waals surface area (Å²) in [7, 11) is 0. The van der Waals surface area contributed by atoms with Crippen LogP contribution >= 0.6 is 35.4 Å². The molecular formula is C16H12Cl2N4OS. The Labute approximate surface area is 153 Å². The molecule has 0 aliphatic heterocycles. The van der Waals surface area contributed by atoms with Crippen LogP contribution in [0, 0.1) is 4.77 Å². The van der Waals surface area contributed by atoms with Crippen molar-refractivity contribution in [3.63, 3.8) is 0 Å². The van der Waals surface area contributed by atoms with Gasteiger partial charge in [0.2, 0.25) is 4.77 Å². The monoisotopic (exact) mass is 378 g/mol. The first kappa shape index (κ1) is 16.7. The summed E-state index contributed by atoms with van der Waals surface area (Å²) in [6.45, 7) is 0.383. The van der Waals surface area contributed by atoms with E-state index < -0.39 is 0 Å². The molecule has 0 saturated carbocycles. The lowest BCUT2D eigenvalue weighted by molar-refractivity contribution is 0.306. The van der Waals surface area contributed by atoms with Crippen molar-refractivity contribution in [1.29, 1.82) is 0 Å². The van der Waals surface area contributed by atoms with Crippen LogP contribution in [-0.2, 0) is 6.61 Å². The van der Waals surface area contributed by atoms with Crippen molar-refractivity contribution in [1.82, 2.24) is 14.9 Å². The Morgan fingerprint density at radius 1 is 1.21 bits per heavy atom. The fourth-order valence-electron chi connectivity index (χ4n) is 1.99. The summed E-state index contributed by atoms with van der Waals surface area (Å²) in [5, 5.41) is 11.9. The fourth-order valence-corrected chi connectivity index (χ4v) is 2.53. The summed E-state index contributed by atoms with van der Waals surface area (Å²) < 4.78 is 7.71. The van der Waals surface area contributed by atoms with E-state index in [1.165, 1.54) is 11.0 Å². The molecule has 8 heteroatoms. The molecule has 0 atom stereocenters. The predicted octanol–water partition coefficient (Wildman–Crippen LogP) is 4.71. The molecule has 0 amide bonds. The molecule has 2 aromatic carbocycles. The summed E-state index contributed by atoms with van der Waals surface area (Å²) in [5.41, 5.74) is 1.70. The minimum Gasteiger partial charge on any atom is -0.488 e. The van der Waals surface area contributed by atoms with E-state index >= 15 is 0 Å². The topological polar surface area (TPSA) is 55.2 Å². The minimum atomic E-state index is 0.383. The first-order valence-electron chi connectivity index (χ1n) is 6.95. The molecule has 0 saturated heterocycles. The van der Waals surface area contributed by atoms with Crippen molar-refractivity contribution < 1.29 is 4.74 Å². The molecule has 1 heterocycles. The van der Waals surface area contributed by atoms with E-state index in [1.54, 1.807) is 24.4 Å². The van der Waals surface area contributed by atoms with Gasteiger partial charge >= 0.3 is 0 Å². The Bertz CT molecular complexity index is 936. The van der Waals surface area contributed by atoms with Crippen LogP contribution in [0.5, 0.6) is 5.75 Å². The zero-order valence-electron chi connectivity index (χ0n) is 12.3. The number of ether oxygens (including phenoxy) is 1. The number of halogens is 2. The molecule has 0 aliphatic rings. The van der Waals surface area contributed by atoms with Crippen molar-refractivity contribution in [2.45, 2.75) is 6.61 Å². The van der Waals surface area contributed by atoms with Gasteiger partial charge in [-0.25, -0.2) is 0 Å². The van der Waals surface area contributed by atoms with Crippen molar-refractivity contribution >= 4 is 41.6 Å². The Hall–Kier alpha value is -2.15. The third kappa shape index (κ3) is 4.23. The summed E-state index contributed by atoms with van der Waals surface area (Å²) >= 11 is 17.1. The Morgan fingerprint density at radius 2 is 2.04 bits per heavy atom. The van der Waals surface area contributed by atoms with E-state index in [4.69, 9.17) is 40.2 Å². The number of aromatic nitrogens is 3. The molecule has 5 nitrogen and oxygen atoms in total. The van der Waals surface area contributed by atoms with E-state index in [0.29, 0.717) is 27.2 Å². The van der Waals surface area contributed by atoms with Crippen LogP contribution < -0.4 is 4.74 Å². The summed E-state index contributed by atoms with van der Waals surface area (Å²) in [6, 6.07) is 12.8. The minimum absolute atomic E-state index is 0.383. The van der Waals surface area contributed by atoms with Crippen molar-refractivity contribution in [2.24, 2.45) is 5.10 Å². The second-order valence-corrected chi connectivity index (χ2v) is 6.11. The third-order valence-corrected chi connectivity index (χ3v) is 3.86. The zero-order valence-corrected chi connectivity index (χ0v) is 14.6. The van der Waals surface area contributed by atoms with Gasteiger partial charge in [-0.3, -0.25) is 5.10 Å². The van der Waals surface area contributed by atoms with Gasteiger partial charge in [0.15, 0.2) is 0 Å². The van der Waals surface area contributed by atoms with Gasteiger partial charge in [-0.05, 0) is 48.1 Å². The number of hydrogen-bond acceptors (Lipinski definition) is 4. The fraction of sp³-hybridized carbons (Fsp3) is 0.0625. The van der Waals surface area contributed by atoms with Gasteiger partial charge in [-0.1, -0.05) is 35.3 Å². The molecule has 1 N–H and O–H groups in total. The highest BCUT2D eigenvalue weighted by Gasteiger charge is 2.04. The van der Waals surface area contributed by atoms with E-state index in [1.807, 2.05) is 24.3 Å². The van der Waals surface area contributed by atoms with Crippen molar-refractivity contribution in [3.8, 4) is 5.75 Å². The van der Waals surface area contributed by atoms with Crippen LogP contribution in [0.4, 0.5) is 0 Å². The van der Waals surface area contributed by atoms with Gasteiger partial charge in [0.05, 0.1) is 6.21 Å². The van der Waals surface area contributed by atoms with Crippen LogP contribution in [0.1, 0.15) is 11.1 Å². The molecule has 0 radical (unpaired) electrons. The zero-order chi connectivity index (χ0) is 16.9. The number of rotatable bonds is 5. The largest absolute Gasteiger partial charge is 0.488 e. The van der Waals surface area contributed by atoms with Gasteiger partial charge in [0.25, 0.3) is 0 Å². The first-order chi connectivity index (χ1) is 11.6. The summed E-state index contributed by atoms with van der Waals surface area (Å²) in [6.07, 6.45) is 3.10. The summed E-state index contributed by atoms with van der Waals surface area (Å²) in [5.74, 6) is 0.651. The average Bonchev–Trinajstić information content (AvgIpc) is 2.97. The Kier molecular flexibility index (Phi) is 5.30. The van der Waals surface area contributed by atoms with Crippen LogP contribution in [0.25, 0.3) is 0 Å². The number of nitrogens with one attached hydrogen (secondary N) is 1. The molecule has 0 fully saturated rings. The van der Waals surface area contributed by atoms with E-state index in [-0.39, 0.29) is 0 Å². The molecule has 1 aromatic heterocycles. The number of H-pyrrole nitrogens is 1. The van der Waals surface area contributed by atoms with Crippen LogP contribution in [0.15, 0.2) is 53.9 Å². The lowest BCUT2D eigenvalue weighted by Gasteiger charge is -2.10. The number of aromatic amines is 1. The maximum absolute atomic E-state index is 6.07. The average molecular weight is 379 g/mol. The number of benzene rings is 2. The second-order valence-electron chi connectivity index (χ2n) is 4.85. The maximum atomic E-state index is 6.07. The molecule has 3 rings (SSSR count). The van der Waals surface area contributed by atoms with Gasteiger partial charge < -0.3 is 4.74 Å². The normalized spacial score (nSPS) is 11.1. The van der Waals surface area contributed by atoms with E-state index in [0.717, 1.165) is 11.1 Å². The molecular weight excluding hydrogens is 367 g/mol. The lowest BCUT2D eigenvalue weighted by Crippen LogP contribution is -1.99. The standard InChI is InChI=1S/C16H12Cl2N4OS/c17-13-3-1-2-11(6-13)9-23-15-5-4-14(18)7-12(15)8-20-22-10-19-21-16(22)24/h1-8,10H,9H2,(H,21,24)/b20-8-. The lowest BCUT2D eigenvalue weighted by atomic mass is 10.2. The molecule has 122 valence electrons. The number of nitrogens with zero attached hydrogens (tertiary/aromatic N) is 3. The molecule has 3 aromatic rings. The van der Waals surface area contributed by atoms with Gasteiger partial charge in [-0.2, -0.15) is 14.9 Å². The second kappa shape index (κ2) is 7.61. The van der Waals surface area contributed by atoms with Crippen molar-refractivity contribution in [2.75, 3.05) is 0 Å². The molecule has 0 aliphatic carbocycles. The van der Waals surface area contributed by atoms with Crippen LogP contribution in [0.3, 0.4) is 0 Å². The number of hydrogen-bond donors (Lipinski definition) is 1. The third-order valence-electron chi connectivity index (χ3n) is 3.11. The van der Waals surface area contributed by atoms with Crippen LogP contribution in [0.2, 0.25) is 10.0 Å².